The molecule has 1 aromatic heterocycles. The van der Waals surface area contributed by atoms with Crippen molar-refractivity contribution in [2.75, 3.05) is 18.9 Å². The molecule has 1 atom stereocenters. The number of amides is 1. The van der Waals surface area contributed by atoms with Crippen LogP contribution in [0.3, 0.4) is 0 Å². The maximum atomic E-state index is 11.3. The van der Waals surface area contributed by atoms with Crippen molar-refractivity contribution >= 4 is 11.6 Å². The molecule has 0 saturated heterocycles. The van der Waals surface area contributed by atoms with Crippen LogP contribution in [-0.4, -0.2) is 40.4 Å². The van der Waals surface area contributed by atoms with E-state index < -0.39 is 6.10 Å². The molecule has 14 heavy (non-hydrogen) atoms. The van der Waals surface area contributed by atoms with Gasteiger partial charge in [-0.2, -0.15) is 0 Å². The van der Waals surface area contributed by atoms with Gasteiger partial charge in [0.15, 0.2) is 0 Å². The van der Waals surface area contributed by atoms with Crippen LogP contribution >= 0.6 is 0 Å². The van der Waals surface area contributed by atoms with Crippen LogP contribution in [0.4, 0.5) is 5.69 Å². The van der Waals surface area contributed by atoms with Crippen LogP contribution in [0.25, 0.3) is 0 Å². The highest BCUT2D eigenvalue weighted by molar-refractivity contribution is 5.93. The van der Waals surface area contributed by atoms with Crippen LogP contribution in [0.15, 0.2) is 12.3 Å². The first-order valence-corrected chi connectivity index (χ1v) is 4.14. The third-order valence-electron chi connectivity index (χ3n) is 1.66. The van der Waals surface area contributed by atoms with E-state index in [2.05, 4.69) is 10.3 Å². The SMILES string of the molecule is Nc1c[nH]c(C(=O)NCC(O)CO)c1. The number of hydrogen-bond donors (Lipinski definition) is 5. The smallest absolute Gasteiger partial charge is 0.267 e. The van der Waals surface area contributed by atoms with Gasteiger partial charge in [-0.25, -0.2) is 0 Å². The Kier molecular flexibility index (Phi) is 3.49. The van der Waals surface area contributed by atoms with Gasteiger partial charge in [-0.15, -0.1) is 0 Å². The first kappa shape index (κ1) is 10.6. The van der Waals surface area contributed by atoms with Gasteiger partial charge in [-0.1, -0.05) is 0 Å². The normalized spacial score (nSPS) is 12.4. The predicted octanol–water partition coefficient (Wildman–Crippen LogP) is -1.32. The van der Waals surface area contributed by atoms with Crippen molar-refractivity contribution in [3.63, 3.8) is 0 Å². The molecule has 78 valence electrons. The number of aliphatic hydroxyl groups is 2. The zero-order valence-corrected chi connectivity index (χ0v) is 7.53. The molecule has 1 unspecified atom stereocenters. The van der Waals surface area contributed by atoms with Gasteiger partial charge in [0.1, 0.15) is 5.69 Å². The first-order chi connectivity index (χ1) is 6.63. The Morgan fingerprint density at radius 1 is 1.71 bits per heavy atom. The summed E-state index contributed by atoms with van der Waals surface area (Å²) in [5.74, 6) is -0.366. The molecule has 0 saturated carbocycles. The summed E-state index contributed by atoms with van der Waals surface area (Å²) in [6.45, 7) is -0.374. The Labute approximate surface area is 80.7 Å². The molecular weight excluding hydrogens is 186 g/mol. The second-order valence-electron chi connectivity index (χ2n) is 2.89. The minimum Gasteiger partial charge on any atom is -0.397 e. The van der Waals surface area contributed by atoms with Crippen molar-refractivity contribution in [3.05, 3.63) is 18.0 Å². The Balaban J connectivity index is 2.43. The molecule has 0 radical (unpaired) electrons. The van der Waals surface area contributed by atoms with Crippen molar-refractivity contribution in [3.8, 4) is 0 Å². The zero-order valence-electron chi connectivity index (χ0n) is 7.53. The summed E-state index contributed by atoms with van der Waals surface area (Å²) >= 11 is 0. The van der Waals surface area contributed by atoms with E-state index in [0.717, 1.165) is 0 Å². The maximum Gasteiger partial charge on any atom is 0.267 e. The standard InChI is InChI=1S/C8H13N3O3/c9-5-1-7(10-2-5)8(14)11-3-6(13)4-12/h1-2,6,10,12-13H,3-4,9H2,(H,11,14). The van der Waals surface area contributed by atoms with E-state index in [0.29, 0.717) is 11.4 Å². The summed E-state index contributed by atoms with van der Waals surface area (Å²) in [5.41, 5.74) is 6.19. The third-order valence-corrected chi connectivity index (χ3v) is 1.66. The van der Waals surface area contributed by atoms with Crippen LogP contribution in [0, 0.1) is 0 Å². The Hall–Kier alpha value is -1.53. The Morgan fingerprint density at radius 3 is 2.93 bits per heavy atom. The largest absolute Gasteiger partial charge is 0.397 e. The van der Waals surface area contributed by atoms with E-state index in [1.807, 2.05) is 0 Å². The lowest BCUT2D eigenvalue weighted by Gasteiger charge is -2.07. The molecule has 0 fully saturated rings. The summed E-state index contributed by atoms with van der Waals surface area (Å²) in [6, 6.07) is 1.49. The number of carbonyl (C=O) groups is 1. The fourth-order valence-electron chi connectivity index (χ4n) is 0.912. The summed E-state index contributed by atoms with van der Waals surface area (Å²) < 4.78 is 0. The van der Waals surface area contributed by atoms with Crippen LogP contribution < -0.4 is 11.1 Å². The summed E-state index contributed by atoms with van der Waals surface area (Å²) in [7, 11) is 0. The number of aromatic amines is 1. The number of aromatic nitrogens is 1. The van der Waals surface area contributed by atoms with Crippen molar-refractivity contribution in [2.24, 2.45) is 0 Å². The second kappa shape index (κ2) is 4.64. The number of nitrogens with two attached hydrogens (primary N) is 1. The van der Waals surface area contributed by atoms with Gasteiger partial charge in [0.2, 0.25) is 0 Å². The van der Waals surface area contributed by atoms with Crippen molar-refractivity contribution in [1.29, 1.82) is 0 Å². The van der Waals surface area contributed by atoms with Crippen molar-refractivity contribution < 1.29 is 15.0 Å². The van der Waals surface area contributed by atoms with Gasteiger partial charge in [-0.3, -0.25) is 4.79 Å². The molecule has 1 amide bonds. The Morgan fingerprint density at radius 2 is 2.43 bits per heavy atom. The van der Waals surface area contributed by atoms with E-state index in [1.54, 1.807) is 0 Å². The van der Waals surface area contributed by atoms with Crippen LogP contribution in [-0.2, 0) is 0 Å². The van der Waals surface area contributed by atoms with Gasteiger partial charge in [0.05, 0.1) is 12.7 Å². The van der Waals surface area contributed by atoms with Crippen molar-refractivity contribution in [1.82, 2.24) is 10.3 Å². The predicted molar refractivity (Wildman–Crippen MR) is 50.6 cm³/mol. The lowest BCUT2D eigenvalue weighted by atomic mass is 10.3. The van der Waals surface area contributed by atoms with Gasteiger partial charge in [0, 0.05) is 18.4 Å². The molecule has 0 aliphatic heterocycles. The van der Waals surface area contributed by atoms with E-state index >= 15 is 0 Å². The minimum atomic E-state index is -0.939. The molecule has 1 aromatic rings. The van der Waals surface area contributed by atoms with Crippen LogP contribution in [0.5, 0.6) is 0 Å². The lowest BCUT2D eigenvalue weighted by Crippen LogP contribution is -2.34. The molecule has 6 nitrogen and oxygen atoms in total. The van der Waals surface area contributed by atoms with Crippen LogP contribution in [0.2, 0.25) is 0 Å². The highest BCUT2D eigenvalue weighted by Gasteiger charge is 2.09. The fraction of sp³-hybridized carbons (Fsp3) is 0.375. The van der Waals surface area contributed by atoms with Gasteiger partial charge in [0.25, 0.3) is 5.91 Å². The zero-order chi connectivity index (χ0) is 10.6. The molecule has 0 spiro atoms. The molecule has 1 heterocycles. The molecule has 0 aliphatic carbocycles. The Bertz CT molecular complexity index is 311. The maximum absolute atomic E-state index is 11.3. The van der Waals surface area contributed by atoms with Gasteiger partial charge < -0.3 is 26.2 Å². The molecule has 6 N–H and O–H groups in total. The monoisotopic (exact) mass is 199 g/mol. The molecule has 6 heteroatoms. The quantitative estimate of drug-likeness (QED) is 0.414. The highest BCUT2D eigenvalue weighted by Crippen LogP contribution is 2.03. The number of anilines is 1. The van der Waals surface area contributed by atoms with E-state index in [1.165, 1.54) is 12.3 Å². The topological polar surface area (TPSA) is 111 Å². The number of rotatable bonds is 4. The van der Waals surface area contributed by atoms with Gasteiger partial charge >= 0.3 is 0 Å². The van der Waals surface area contributed by atoms with E-state index in [-0.39, 0.29) is 19.1 Å². The summed E-state index contributed by atoms with van der Waals surface area (Å²) in [6.07, 6.45) is 0.559. The lowest BCUT2D eigenvalue weighted by molar-refractivity contribution is 0.0799. The number of nitrogens with one attached hydrogen (secondary N) is 2. The number of carbonyl (C=O) groups excluding carboxylic acids is 1. The average molecular weight is 199 g/mol. The number of aliphatic hydroxyl groups excluding tert-OH is 2. The van der Waals surface area contributed by atoms with E-state index in [4.69, 9.17) is 15.9 Å². The summed E-state index contributed by atoms with van der Waals surface area (Å²) in [4.78, 5) is 14.0. The minimum absolute atomic E-state index is 0.00819. The first-order valence-electron chi connectivity index (χ1n) is 4.14. The molecular formula is C8H13N3O3. The molecule has 0 aromatic carbocycles. The fourth-order valence-corrected chi connectivity index (χ4v) is 0.912. The second-order valence-corrected chi connectivity index (χ2v) is 2.89. The highest BCUT2D eigenvalue weighted by atomic mass is 16.3. The summed E-state index contributed by atoms with van der Waals surface area (Å²) in [5, 5.41) is 19.9. The number of H-pyrrole nitrogens is 1. The average Bonchev–Trinajstić information content (AvgIpc) is 2.60. The number of nitrogen functional groups attached to an aromatic ring is 1. The van der Waals surface area contributed by atoms with Crippen LogP contribution in [0.1, 0.15) is 10.5 Å². The van der Waals surface area contributed by atoms with E-state index in [9.17, 15) is 4.79 Å². The van der Waals surface area contributed by atoms with Gasteiger partial charge in [-0.05, 0) is 6.07 Å². The number of hydrogen-bond acceptors (Lipinski definition) is 4. The van der Waals surface area contributed by atoms with Crippen molar-refractivity contribution in [2.45, 2.75) is 6.10 Å². The molecule has 0 bridgehead atoms. The molecule has 1 rings (SSSR count). The molecule has 0 aliphatic rings. The third kappa shape index (κ3) is 2.75.